The molecule has 0 saturated carbocycles. The zero-order valence-corrected chi connectivity index (χ0v) is 12.7. The highest BCUT2D eigenvalue weighted by atomic mass is 35.5. The maximum atomic E-state index is 11.5. The molecule has 0 radical (unpaired) electrons. The molecule has 5 nitrogen and oxygen atoms in total. The van der Waals surface area contributed by atoms with E-state index in [-0.39, 0.29) is 11.4 Å². The number of nitrogens with one attached hydrogen (secondary N) is 1. The Morgan fingerprint density at radius 2 is 2.15 bits per heavy atom. The highest BCUT2D eigenvalue weighted by Gasteiger charge is 2.14. The second-order valence-electron chi connectivity index (χ2n) is 4.85. The number of imidazole rings is 1. The maximum Gasteiger partial charge on any atom is 0.316 e. The van der Waals surface area contributed by atoms with Gasteiger partial charge in [0.1, 0.15) is 5.82 Å². The molecular weight excluding hydrogens is 276 g/mol. The fraction of sp³-hybridized carbons (Fsp3) is 0.429. The lowest BCUT2D eigenvalue weighted by molar-refractivity contribution is 0.217. The summed E-state index contributed by atoms with van der Waals surface area (Å²) in [5.41, 5.74) is 1.96. The third-order valence-electron chi connectivity index (χ3n) is 3.06. The fourth-order valence-corrected chi connectivity index (χ4v) is 2.23. The molecule has 0 fully saturated rings. The number of alkyl halides is 1. The first-order valence-corrected chi connectivity index (χ1v) is 6.98. The lowest BCUT2D eigenvalue weighted by atomic mass is 10.3. The smallest absolute Gasteiger partial charge is 0.316 e. The van der Waals surface area contributed by atoms with Crippen molar-refractivity contribution in [2.45, 2.75) is 18.8 Å². The molecule has 0 bridgehead atoms. The van der Waals surface area contributed by atoms with Gasteiger partial charge in [0.05, 0.1) is 16.4 Å². The van der Waals surface area contributed by atoms with Crippen LogP contribution < -0.4 is 5.32 Å². The number of amides is 2. The van der Waals surface area contributed by atoms with Crippen molar-refractivity contribution in [3.63, 3.8) is 0 Å². The van der Waals surface area contributed by atoms with Crippen LogP contribution in [0.2, 0.25) is 0 Å². The standard InChI is InChI=1S/C14H19ClN4O/c1-10(15)13-17-11-6-4-5-7-12(11)19(13)9-8-16-14(20)18(2)3/h4-7,10H,8-9H2,1-3H3,(H,16,20). The van der Waals surface area contributed by atoms with Crippen molar-refractivity contribution in [2.75, 3.05) is 20.6 Å². The predicted molar refractivity (Wildman–Crippen MR) is 81.1 cm³/mol. The molecule has 1 aromatic carbocycles. The van der Waals surface area contributed by atoms with E-state index < -0.39 is 0 Å². The van der Waals surface area contributed by atoms with Crippen molar-refractivity contribution in [1.29, 1.82) is 0 Å². The molecule has 0 aliphatic heterocycles. The Bertz CT molecular complexity index is 606. The molecule has 1 heterocycles. The highest BCUT2D eigenvalue weighted by molar-refractivity contribution is 6.20. The zero-order valence-electron chi connectivity index (χ0n) is 11.9. The third kappa shape index (κ3) is 3.04. The van der Waals surface area contributed by atoms with Crippen molar-refractivity contribution < 1.29 is 4.79 Å². The number of hydrogen-bond donors (Lipinski definition) is 1. The van der Waals surface area contributed by atoms with Gasteiger partial charge in [-0.15, -0.1) is 11.6 Å². The average molecular weight is 295 g/mol. The monoisotopic (exact) mass is 294 g/mol. The third-order valence-corrected chi connectivity index (χ3v) is 3.25. The molecule has 1 unspecified atom stereocenters. The van der Waals surface area contributed by atoms with Gasteiger partial charge in [-0.1, -0.05) is 12.1 Å². The van der Waals surface area contributed by atoms with Gasteiger partial charge >= 0.3 is 6.03 Å². The van der Waals surface area contributed by atoms with Crippen molar-refractivity contribution in [2.24, 2.45) is 0 Å². The molecule has 2 rings (SSSR count). The molecule has 0 saturated heterocycles. The Morgan fingerprint density at radius 3 is 2.80 bits per heavy atom. The van der Waals surface area contributed by atoms with E-state index >= 15 is 0 Å². The fourth-order valence-electron chi connectivity index (χ4n) is 2.07. The predicted octanol–water partition coefficient (Wildman–Crippen LogP) is 2.61. The Morgan fingerprint density at radius 1 is 1.45 bits per heavy atom. The van der Waals surface area contributed by atoms with Gasteiger partial charge in [-0.3, -0.25) is 0 Å². The van der Waals surface area contributed by atoms with Crippen LogP contribution in [-0.2, 0) is 6.54 Å². The molecule has 0 spiro atoms. The van der Waals surface area contributed by atoms with Gasteiger partial charge in [0, 0.05) is 27.2 Å². The number of fused-ring (bicyclic) bond motifs is 1. The second kappa shape index (κ2) is 6.13. The largest absolute Gasteiger partial charge is 0.336 e. The molecular formula is C14H19ClN4O. The molecule has 2 aromatic rings. The zero-order chi connectivity index (χ0) is 14.7. The molecule has 2 amide bonds. The first kappa shape index (κ1) is 14.7. The number of rotatable bonds is 4. The number of hydrogen-bond acceptors (Lipinski definition) is 2. The van der Waals surface area contributed by atoms with E-state index in [2.05, 4.69) is 14.9 Å². The maximum absolute atomic E-state index is 11.5. The van der Waals surface area contributed by atoms with Crippen LogP contribution in [-0.4, -0.2) is 41.1 Å². The van der Waals surface area contributed by atoms with Gasteiger partial charge < -0.3 is 14.8 Å². The Hall–Kier alpha value is -1.75. The van der Waals surface area contributed by atoms with Crippen LogP contribution in [0.5, 0.6) is 0 Å². The molecule has 6 heteroatoms. The normalized spacial score (nSPS) is 12.4. The minimum absolute atomic E-state index is 0.102. The summed E-state index contributed by atoms with van der Waals surface area (Å²) < 4.78 is 2.06. The molecule has 0 aliphatic rings. The summed E-state index contributed by atoms with van der Waals surface area (Å²) in [7, 11) is 3.43. The number of nitrogens with zero attached hydrogens (tertiary/aromatic N) is 3. The molecule has 1 aromatic heterocycles. The van der Waals surface area contributed by atoms with E-state index in [1.807, 2.05) is 31.2 Å². The molecule has 1 atom stereocenters. The van der Waals surface area contributed by atoms with Gasteiger partial charge in [-0.2, -0.15) is 0 Å². The van der Waals surface area contributed by atoms with Crippen LogP contribution in [0, 0.1) is 0 Å². The number of aromatic nitrogens is 2. The summed E-state index contributed by atoms with van der Waals surface area (Å²) in [4.78, 5) is 17.6. The minimum atomic E-state index is -0.174. The quantitative estimate of drug-likeness (QED) is 0.881. The molecule has 108 valence electrons. The van der Waals surface area contributed by atoms with Crippen molar-refractivity contribution in [1.82, 2.24) is 19.8 Å². The van der Waals surface area contributed by atoms with Gasteiger partial charge in [0.2, 0.25) is 0 Å². The van der Waals surface area contributed by atoms with Gasteiger partial charge in [-0.05, 0) is 19.1 Å². The van der Waals surface area contributed by atoms with Crippen LogP contribution in [0.4, 0.5) is 4.79 Å². The van der Waals surface area contributed by atoms with Gasteiger partial charge in [-0.25, -0.2) is 9.78 Å². The van der Waals surface area contributed by atoms with Crippen LogP contribution in [0.25, 0.3) is 11.0 Å². The van der Waals surface area contributed by atoms with E-state index in [9.17, 15) is 4.79 Å². The van der Waals surface area contributed by atoms with E-state index in [0.717, 1.165) is 16.9 Å². The van der Waals surface area contributed by atoms with Crippen LogP contribution in [0.15, 0.2) is 24.3 Å². The number of urea groups is 1. The number of benzene rings is 1. The number of carbonyl (C=O) groups excluding carboxylic acids is 1. The number of carbonyl (C=O) groups is 1. The Balaban J connectivity index is 2.19. The summed E-state index contributed by atoms with van der Waals surface area (Å²) >= 11 is 6.19. The van der Waals surface area contributed by atoms with Gasteiger partial charge in [0.15, 0.2) is 0 Å². The number of para-hydroxylation sites is 2. The lowest BCUT2D eigenvalue weighted by Crippen LogP contribution is -2.36. The summed E-state index contributed by atoms with van der Waals surface area (Å²) in [5.74, 6) is 0.826. The van der Waals surface area contributed by atoms with E-state index in [0.29, 0.717) is 13.1 Å². The number of halogens is 1. The van der Waals surface area contributed by atoms with E-state index in [1.54, 1.807) is 14.1 Å². The average Bonchev–Trinajstić information content (AvgIpc) is 2.78. The SMILES string of the molecule is CC(Cl)c1nc2ccccc2n1CCNC(=O)N(C)C. The van der Waals surface area contributed by atoms with E-state index in [4.69, 9.17) is 11.6 Å². The second-order valence-corrected chi connectivity index (χ2v) is 5.51. The van der Waals surface area contributed by atoms with E-state index in [1.165, 1.54) is 4.90 Å². The Labute approximate surface area is 123 Å². The topological polar surface area (TPSA) is 50.2 Å². The van der Waals surface area contributed by atoms with Crippen molar-refractivity contribution in [3.8, 4) is 0 Å². The summed E-state index contributed by atoms with van der Waals surface area (Å²) in [6, 6.07) is 7.80. The lowest BCUT2D eigenvalue weighted by Gasteiger charge is -2.14. The summed E-state index contributed by atoms with van der Waals surface area (Å²) in [6.45, 7) is 3.08. The first-order chi connectivity index (χ1) is 9.50. The first-order valence-electron chi connectivity index (χ1n) is 6.55. The van der Waals surface area contributed by atoms with Crippen molar-refractivity contribution in [3.05, 3.63) is 30.1 Å². The highest BCUT2D eigenvalue weighted by Crippen LogP contribution is 2.24. The van der Waals surface area contributed by atoms with Crippen LogP contribution in [0.3, 0.4) is 0 Å². The van der Waals surface area contributed by atoms with Crippen molar-refractivity contribution >= 4 is 28.7 Å². The molecule has 0 aliphatic carbocycles. The summed E-state index contributed by atoms with van der Waals surface area (Å²) in [5, 5.41) is 2.67. The summed E-state index contributed by atoms with van der Waals surface area (Å²) in [6.07, 6.45) is 0. The molecule has 20 heavy (non-hydrogen) atoms. The van der Waals surface area contributed by atoms with Gasteiger partial charge in [0.25, 0.3) is 0 Å². The van der Waals surface area contributed by atoms with Crippen LogP contribution in [0.1, 0.15) is 18.1 Å². The molecule has 1 N–H and O–H groups in total. The minimum Gasteiger partial charge on any atom is -0.336 e. The Kier molecular flexibility index (Phi) is 4.49. The van der Waals surface area contributed by atoms with Crippen LogP contribution >= 0.6 is 11.6 Å².